The van der Waals surface area contributed by atoms with Gasteiger partial charge in [-0.15, -0.1) is 11.8 Å². The number of hydrogen-bond acceptors (Lipinski definition) is 4. The number of aliphatic hydroxyl groups excluding tert-OH is 1. The highest BCUT2D eigenvalue weighted by atomic mass is 32.2. The van der Waals surface area contributed by atoms with Gasteiger partial charge in [-0.3, -0.25) is 0 Å². The number of hydrogen-bond donors (Lipinski definition) is 1. The minimum atomic E-state index is -3.09. The minimum Gasteiger partial charge on any atom is -0.396 e. The van der Waals surface area contributed by atoms with Crippen LogP contribution in [0.1, 0.15) is 6.92 Å². The molecular formula is C10H14O3S2. The van der Waals surface area contributed by atoms with Crippen LogP contribution in [-0.2, 0) is 9.84 Å². The lowest BCUT2D eigenvalue weighted by atomic mass is 10.4. The summed E-state index contributed by atoms with van der Waals surface area (Å²) in [7, 11) is -3.09. The van der Waals surface area contributed by atoms with Crippen LogP contribution < -0.4 is 0 Å². The Hall–Kier alpha value is -0.520. The van der Waals surface area contributed by atoms with Crippen molar-refractivity contribution in [3.8, 4) is 0 Å². The fraction of sp³-hybridized carbons (Fsp3) is 0.400. The zero-order valence-electron chi connectivity index (χ0n) is 8.51. The van der Waals surface area contributed by atoms with Gasteiger partial charge < -0.3 is 5.11 Å². The standard InChI is InChI=1S/C10H14O3S2/c1-2-15(12,13)10-5-3-9(4-6-10)14-8-7-11/h3-6,11H,2,7-8H2,1H3. The molecule has 1 N–H and O–H groups in total. The van der Waals surface area contributed by atoms with E-state index in [-0.39, 0.29) is 12.4 Å². The molecule has 0 aliphatic carbocycles. The van der Waals surface area contributed by atoms with E-state index >= 15 is 0 Å². The van der Waals surface area contributed by atoms with Gasteiger partial charge in [0.25, 0.3) is 0 Å². The van der Waals surface area contributed by atoms with E-state index in [1.807, 2.05) is 0 Å². The van der Waals surface area contributed by atoms with Crippen LogP contribution in [0.25, 0.3) is 0 Å². The van der Waals surface area contributed by atoms with Crippen LogP contribution in [-0.4, -0.2) is 31.6 Å². The van der Waals surface area contributed by atoms with E-state index in [1.165, 1.54) is 11.8 Å². The van der Waals surface area contributed by atoms with Gasteiger partial charge in [-0.1, -0.05) is 6.92 Å². The van der Waals surface area contributed by atoms with E-state index in [4.69, 9.17) is 5.11 Å². The highest BCUT2D eigenvalue weighted by Crippen LogP contribution is 2.20. The molecule has 15 heavy (non-hydrogen) atoms. The Morgan fingerprint density at radius 1 is 1.27 bits per heavy atom. The average Bonchev–Trinajstić information content (AvgIpc) is 2.27. The first-order chi connectivity index (χ1) is 7.10. The fourth-order valence-corrected chi connectivity index (χ4v) is 2.61. The van der Waals surface area contributed by atoms with E-state index in [0.717, 1.165) is 4.90 Å². The van der Waals surface area contributed by atoms with Gasteiger partial charge in [0.2, 0.25) is 0 Å². The molecule has 0 atom stereocenters. The SMILES string of the molecule is CCS(=O)(=O)c1ccc(SCCO)cc1. The van der Waals surface area contributed by atoms with Crippen molar-refractivity contribution in [2.75, 3.05) is 18.1 Å². The third-order valence-electron chi connectivity index (χ3n) is 1.92. The Bertz CT molecular complexity index is 395. The quantitative estimate of drug-likeness (QED) is 0.801. The van der Waals surface area contributed by atoms with E-state index in [1.54, 1.807) is 31.2 Å². The molecule has 0 saturated carbocycles. The average molecular weight is 246 g/mol. The van der Waals surface area contributed by atoms with Crippen molar-refractivity contribution < 1.29 is 13.5 Å². The second kappa shape index (κ2) is 5.53. The van der Waals surface area contributed by atoms with Gasteiger partial charge in [0.15, 0.2) is 9.84 Å². The molecule has 0 saturated heterocycles. The van der Waals surface area contributed by atoms with Gasteiger partial charge in [0.1, 0.15) is 0 Å². The summed E-state index contributed by atoms with van der Waals surface area (Å²) in [5, 5.41) is 8.63. The van der Waals surface area contributed by atoms with Crippen LogP contribution in [0, 0.1) is 0 Å². The zero-order chi connectivity index (χ0) is 11.3. The summed E-state index contributed by atoms with van der Waals surface area (Å²) in [5.41, 5.74) is 0. The van der Waals surface area contributed by atoms with Gasteiger partial charge in [0, 0.05) is 10.6 Å². The molecule has 0 aliphatic heterocycles. The van der Waals surface area contributed by atoms with Crippen LogP contribution in [0.2, 0.25) is 0 Å². The maximum absolute atomic E-state index is 11.5. The summed E-state index contributed by atoms with van der Waals surface area (Å²) in [6.45, 7) is 1.75. The summed E-state index contributed by atoms with van der Waals surface area (Å²) >= 11 is 1.50. The van der Waals surface area contributed by atoms with Crippen LogP contribution in [0.3, 0.4) is 0 Å². The van der Waals surface area contributed by atoms with Crippen LogP contribution in [0.5, 0.6) is 0 Å². The van der Waals surface area contributed by atoms with Gasteiger partial charge in [-0.2, -0.15) is 0 Å². The second-order valence-electron chi connectivity index (χ2n) is 2.95. The topological polar surface area (TPSA) is 54.4 Å². The molecule has 0 amide bonds. The van der Waals surface area contributed by atoms with E-state index in [2.05, 4.69) is 0 Å². The van der Waals surface area contributed by atoms with Crippen LogP contribution in [0.15, 0.2) is 34.1 Å². The molecule has 0 aromatic heterocycles. The molecule has 0 unspecified atom stereocenters. The highest BCUT2D eigenvalue weighted by molar-refractivity contribution is 7.99. The van der Waals surface area contributed by atoms with Gasteiger partial charge >= 0.3 is 0 Å². The van der Waals surface area contributed by atoms with Crippen molar-refractivity contribution >= 4 is 21.6 Å². The smallest absolute Gasteiger partial charge is 0.178 e. The maximum atomic E-state index is 11.5. The Balaban J connectivity index is 2.81. The molecule has 84 valence electrons. The molecule has 0 fully saturated rings. The monoisotopic (exact) mass is 246 g/mol. The molecule has 1 rings (SSSR count). The molecule has 0 heterocycles. The summed E-state index contributed by atoms with van der Waals surface area (Å²) in [4.78, 5) is 1.33. The third-order valence-corrected chi connectivity index (χ3v) is 4.67. The molecule has 0 aliphatic rings. The zero-order valence-corrected chi connectivity index (χ0v) is 10.1. The molecule has 0 bridgehead atoms. The van der Waals surface area contributed by atoms with Crippen molar-refractivity contribution in [3.63, 3.8) is 0 Å². The summed E-state index contributed by atoms with van der Waals surface area (Å²) in [6.07, 6.45) is 0. The lowest BCUT2D eigenvalue weighted by molar-refractivity contribution is 0.322. The molecule has 0 spiro atoms. The normalized spacial score (nSPS) is 11.6. The van der Waals surface area contributed by atoms with Crippen LogP contribution in [0.4, 0.5) is 0 Å². The maximum Gasteiger partial charge on any atom is 0.178 e. The first-order valence-electron chi connectivity index (χ1n) is 4.66. The highest BCUT2D eigenvalue weighted by Gasteiger charge is 2.10. The Labute approximate surface area is 94.4 Å². The first-order valence-corrected chi connectivity index (χ1v) is 7.30. The van der Waals surface area contributed by atoms with Crippen molar-refractivity contribution in [1.82, 2.24) is 0 Å². The Morgan fingerprint density at radius 2 is 1.87 bits per heavy atom. The molecule has 1 aromatic carbocycles. The Kier molecular flexibility index (Phi) is 4.63. The van der Waals surface area contributed by atoms with Crippen molar-refractivity contribution in [2.24, 2.45) is 0 Å². The second-order valence-corrected chi connectivity index (χ2v) is 6.39. The van der Waals surface area contributed by atoms with E-state index in [9.17, 15) is 8.42 Å². The molecule has 1 aromatic rings. The van der Waals surface area contributed by atoms with Crippen molar-refractivity contribution in [2.45, 2.75) is 16.7 Å². The molecule has 3 nitrogen and oxygen atoms in total. The third kappa shape index (κ3) is 3.52. The summed E-state index contributed by atoms with van der Waals surface area (Å²) in [5.74, 6) is 0.746. The first kappa shape index (κ1) is 12.5. The van der Waals surface area contributed by atoms with E-state index < -0.39 is 9.84 Å². The number of benzene rings is 1. The predicted molar refractivity (Wildman–Crippen MR) is 62.0 cm³/mol. The summed E-state index contributed by atoms with van der Waals surface area (Å²) < 4.78 is 23.0. The van der Waals surface area contributed by atoms with Crippen LogP contribution >= 0.6 is 11.8 Å². The summed E-state index contributed by atoms with van der Waals surface area (Å²) in [6, 6.07) is 6.75. The number of thioether (sulfide) groups is 1. The molecule has 5 heteroatoms. The Morgan fingerprint density at radius 3 is 2.33 bits per heavy atom. The predicted octanol–water partition coefficient (Wildman–Crippen LogP) is 1.56. The number of rotatable bonds is 5. The largest absolute Gasteiger partial charge is 0.396 e. The number of sulfone groups is 1. The fourth-order valence-electron chi connectivity index (χ4n) is 1.07. The van der Waals surface area contributed by atoms with Gasteiger partial charge in [0.05, 0.1) is 17.3 Å². The van der Waals surface area contributed by atoms with Crippen molar-refractivity contribution in [1.29, 1.82) is 0 Å². The molecular weight excluding hydrogens is 232 g/mol. The van der Waals surface area contributed by atoms with Gasteiger partial charge in [-0.05, 0) is 24.3 Å². The number of aliphatic hydroxyl groups is 1. The minimum absolute atomic E-state index is 0.121. The molecule has 0 radical (unpaired) electrons. The lowest BCUT2D eigenvalue weighted by Crippen LogP contribution is -2.03. The lowest BCUT2D eigenvalue weighted by Gasteiger charge is -2.03. The van der Waals surface area contributed by atoms with Crippen molar-refractivity contribution in [3.05, 3.63) is 24.3 Å². The van der Waals surface area contributed by atoms with E-state index in [0.29, 0.717) is 10.6 Å². The van der Waals surface area contributed by atoms with Gasteiger partial charge in [-0.25, -0.2) is 8.42 Å².